The molecule has 1 aromatic carbocycles. The fourth-order valence-corrected chi connectivity index (χ4v) is 1.93. The SMILES string of the molecule is CCCNC(CCC(C)C)c1ccc(F)c(F)c1. The summed E-state index contributed by atoms with van der Waals surface area (Å²) in [4.78, 5) is 0. The monoisotopic (exact) mass is 255 g/mol. The molecule has 1 aromatic rings. The molecule has 1 atom stereocenters. The van der Waals surface area contributed by atoms with E-state index in [2.05, 4.69) is 26.1 Å². The van der Waals surface area contributed by atoms with Crippen molar-refractivity contribution >= 4 is 0 Å². The van der Waals surface area contributed by atoms with Crippen LogP contribution in [0.5, 0.6) is 0 Å². The van der Waals surface area contributed by atoms with Crippen LogP contribution >= 0.6 is 0 Å². The van der Waals surface area contributed by atoms with Crippen molar-refractivity contribution in [2.75, 3.05) is 6.54 Å². The Kier molecular flexibility index (Phi) is 6.27. The molecule has 0 saturated carbocycles. The van der Waals surface area contributed by atoms with Gasteiger partial charge in [-0.2, -0.15) is 0 Å². The highest BCUT2D eigenvalue weighted by molar-refractivity contribution is 5.21. The normalized spacial score (nSPS) is 13.0. The second-order valence-corrected chi connectivity index (χ2v) is 5.15. The molecule has 1 rings (SSSR count). The Balaban J connectivity index is 2.76. The Morgan fingerprint density at radius 1 is 1.11 bits per heavy atom. The Hall–Kier alpha value is -0.960. The molecule has 18 heavy (non-hydrogen) atoms. The number of halogens is 2. The van der Waals surface area contributed by atoms with Crippen LogP contribution in [0.25, 0.3) is 0 Å². The van der Waals surface area contributed by atoms with E-state index in [9.17, 15) is 8.78 Å². The van der Waals surface area contributed by atoms with Gasteiger partial charge < -0.3 is 5.32 Å². The fraction of sp³-hybridized carbons (Fsp3) is 0.600. The summed E-state index contributed by atoms with van der Waals surface area (Å²) in [5, 5.41) is 3.40. The largest absolute Gasteiger partial charge is 0.310 e. The molecular weight excluding hydrogens is 232 g/mol. The summed E-state index contributed by atoms with van der Waals surface area (Å²) in [6.45, 7) is 7.32. The lowest BCUT2D eigenvalue weighted by Crippen LogP contribution is -2.22. The molecule has 0 heterocycles. The second-order valence-electron chi connectivity index (χ2n) is 5.15. The summed E-state index contributed by atoms with van der Waals surface area (Å²) in [5.41, 5.74) is 0.836. The van der Waals surface area contributed by atoms with Gasteiger partial charge in [-0.1, -0.05) is 26.8 Å². The van der Waals surface area contributed by atoms with E-state index in [1.54, 1.807) is 6.07 Å². The number of rotatable bonds is 7. The number of hydrogen-bond donors (Lipinski definition) is 1. The summed E-state index contributed by atoms with van der Waals surface area (Å²) < 4.78 is 26.2. The van der Waals surface area contributed by atoms with Gasteiger partial charge >= 0.3 is 0 Å². The zero-order valence-corrected chi connectivity index (χ0v) is 11.5. The first-order valence-electron chi connectivity index (χ1n) is 6.73. The number of nitrogens with one attached hydrogen (secondary N) is 1. The van der Waals surface area contributed by atoms with Gasteiger partial charge in [0.25, 0.3) is 0 Å². The van der Waals surface area contributed by atoms with E-state index in [1.165, 1.54) is 12.1 Å². The van der Waals surface area contributed by atoms with E-state index in [-0.39, 0.29) is 6.04 Å². The zero-order chi connectivity index (χ0) is 13.5. The van der Waals surface area contributed by atoms with Crippen molar-refractivity contribution in [2.24, 2.45) is 5.92 Å². The highest BCUT2D eigenvalue weighted by atomic mass is 19.2. The maximum absolute atomic E-state index is 13.3. The second kappa shape index (κ2) is 7.47. The molecule has 0 spiro atoms. The number of hydrogen-bond acceptors (Lipinski definition) is 1. The van der Waals surface area contributed by atoms with E-state index < -0.39 is 11.6 Å². The van der Waals surface area contributed by atoms with Crippen LogP contribution in [0.1, 0.15) is 51.6 Å². The van der Waals surface area contributed by atoms with E-state index in [0.29, 0.717) is 5.92 Å². The van der Waals surface area contributed by atoms with Crippen LogP contribution in [0.3, 0.4) is 0 Å². The summed E-state index contributed by atoms with van der Waals surface area (Å²) in [7, 11) is 0. The van der Waals surface area contributed by atoms with E-state index in [4.69, 9.17) is 0 Å². The third-order valence-electron chi connectivity index (χ3n) is 3.02. The molecule has 1 nitrogen and oxygen atoms in total. The van der Waals surface area contributed by atoms with Crippen LogP contribution in [-0.2, 0) is 0 Å². The predicted octanol–water partition coefficient (Wildman–Crippen LogP) is 4.44. The Labute approximate surface area is 109 Å². The van der Waals surface area contributed by atoms with Crippen LogP contribution < -0.4 is 5.32 Å². The van der Waals surface area contributed by atoms with Gasteiger partial charge in [-0.3, -0.25) is 0 Å². The topological polar surface area (TPSA) is 12.0 Å². The first-order chi connectivity index (χ1) is 8.54. The van der Waals surface area contributed by atoms with Crippen LogP contribution in [0.4, 0.5) is 8.78 Å². The average Bonchev–Trinajstić information content (AvgIpc) is 2.33. The van der Waals surface area contributed by atoms with Gasteiger partial charge in [0.05, 0.1) is 0 Å². The predicted molar refractivity (Wildman–Crippen MR) is 71.5 cm³/mol. The first kappa shape index (κ1) is 15.1. The molecule has 3 heteroatoms. The molecule has 0 aromatic heterocycles. The molecule has 102 valence electrons. The first-order valence-corrected chi connectivity index (χ1v) is 6.73. The summed E-state index contributed by atoms with van der Waals surface area (Å²) in [5.74, 6) is -0.932. The van der Waals surface area contributed by atoms with Gasteiger partial charge in [0, 0.05) is 6.04 Å². The average molecular weight is 255 g/mol. The van der Waals surface area contributed by atoms with Gasteiger partial charge in [-0.25, -0.2) is 8.78 Å². The van der Waals surface area contributed by atoms with Crippen molar-refractivity contribution in [2.45, 2.75) is 46.1 Å². The summed E-state index contributed by atoms with van der Waals surface area (Å²) >= 11 is 0. The van der Waals surface area contributed by atoms with Crippen LogP contribution in [0.2, 0.25) is 0 Å². The van der Waals surface area contributed by atoms with Crippen LogP contribution in [0.15, 0.2) is 18.2 Å². The molecule has 1 unspecified atom stereocenters. The molecule has 0 bridgehead atoms. The van der Waals surface area contributed by atoms with Gasteiger partial charge in [-0.05, 0) is 49.4 Å². The van der Waals surface area contributed by atoms with E-state index in [1.807, 2.05) is 0 Å². The standard InChI is InChI=1S/C15H23F2N/c1-4-9-18-15(8-5-11(2)3)12-6-7-13(16)14(17)10-12/h6-7,10-11,15,18H,4-5,8-9H2,1-3H3. The lowest BCUT2D eigenvalue weighted by Gasteiger charge is -2.20. The van der Waals surface area contributed by atoms with Crippen LogP contribution in [0, 0.1) is 17.6 Å². The fourth-order valence-electron chi connectivity index (χ4n) is 1.93. The molecule has 0 amide bonds. The lowest BCUT2D eigenvalue weighted by atomic mass is 9.97. The van der Waals surface area contributed by atoms with Crippen molar-refractivity contribution in [3.63, 3.8) is 0 Å². The molecule has 1 N–H and O–H groups in total. The molecule has 0 saturated heterocycles. The van der Waals surface area contributed by atoms with Gasteiger partial charge in [-0.15, -0.1) is 0 Å². The maximum atomic E-state index is 13.3. The minimum Gasteiger partial charge on any atom is -0.310 e. The Bertz CT molecular complexity index is 364. The Morgan fingerprint density at radius 3 is 2.39 bits per heavy atom. The van der Waals surface area contributed by atoms with Crippen LogP contribution in [-0.4, -0.2) is 6.54 Å². The van der Waals surface area contributed by atoms with Crippen molar-refractivity contribution in [3.8, 4) is 0 Å². The highest BCUT2D eigenvalue weighted by Gasteiger charge is 2.13. The Morgan fingerprint density at radius 2 is 1.83 bits per heavy atom. The molecule has 0 radical (unpaired) electrons. The quantitative estimate of drug-likeness (QED) is 0.759. The van der Waals surface area contributed by atoms with Crippen molar-refractivity contribution in [3.05, 3.63) is 35.4 Å². The van der Waals surface area contributed by atoms with E-state index >= 15 is 0 Å². The molecule has 0 aliphatic rings. The molecular formula is C15H23F2N. The van der Waals surface area contributed by atoms with Gasteiger partial charge in [0.15, 0.2) is 11.6 Å². The minimum absolute atomic E-state index is 0.113. The zero-order valence-electron chi connectivity index (χ0n) is 11.5. The molecule has 0 aliphatic heterocycles. The smallest absolute Gasteiger partial charge is 0.159 e. The number of benzene rings is 1. The summed E-state index contributed by atoms with van der Waals surface area (Å²) in [6.07, 6.45) is 3.05. The minimum atomic E-state index is -0.781. The van der Waals surface area contributed by atoms with Crippen molar-refractivity contribution < 1.29 is 8.78 Å². The third kappa shape index (κ3) is 4.73. The highest BCUT2D eigenvalue weighted by Crippen LogP contribution is 2.22. The van der Waals surface area contributed by atoms with Crippen molar-refractivity contribution in [1.29, 1.82) is 0 Å². The third-order valence-corrected chi connectivity index (χ3v) is 3.02. The van der Waals surface area contributed by atoms with Gasteiger partial charge in [0.1, 0.15) is 0 Å². The lowest BCUT2D eigenvalue weighted by molar-refractivity contribution is 0.436. The van der Waals surface area contributed by atoms with E-state index in [0.717, 1.165) is 31.4 Å². The maximum Gasteiger partial charge on any atom is 0.159 e. The summed E-state index contributed by atoms with van der Waals surface area (Å²) in [6, 6.07) is 4.30. The molecule has 0 fully saturated rings. The van der Waals surface area contributed by atoms with Gasteiger partial charge in [0.2, 0.25) is 0 Å². The molecule has 0 aliphatic carbocycles. The van der Waals surface area contributed by atoms with Crippen molar-refractivity contribution in [1.82, 2.24) is 5.32 Å².